The van der Waals surface area contributed by atoms with Gasteiger partial charge >= 0.3 is 0 Å². The molecule has 0 saturated carbocycles. The van der Waals surface area contributed by atoms with Crippen LogP contribution in [0.5, 0.6) is 0 Å². The second-order valence-electron chi connectivity index (χ2n) is 18.1. The van der Waals surface area contributed by atoms with Gasteiger partial charge in [0, 0.05) is 44.2 Å². The molecule has 9 aromatic carbocycles. The van der Waals surface area contributed by atoms with Gasteiger partial charge in [-0.15, -0.1) is 0 Å². The van der Waals surface area contributed by atoms with Gasteiger partial charge in [-0.25, -0.2) is 0 Å². The van der Waals surface area contributed by atoms with Crippen LogP contribution in [-0.4, -0.2) is 4.57 Å². The van der Waals surface area contributed by atoms with Crippen molar-refractivity contribution in [3.63, 3.8) is 0 Å². The fourth-order valence-electron chi connectivity index (χ4n) is 11.0. The lowest BCUT2D eigenvalue weighted by Gasteiger charge is -2.29. The molecule has 2 aliphatic rings. The third-order valence-electron chi connectivity index (χ3n) is 14.0. The Morgan fingerprint density at radius 1 is 0.355 bits per heavy atom. The first kappa shape index (κ1) is 36.4. The Bertz CT molecular complexity index is 3380. The summed E-state index contributed by atoms with van der Waals surface area (Å²) >= 11 is 0. The van der Waals surface area contributed by atoms with Gasteiger partial charge in [-0.3, -0.25) is 0 Å². The number of benzene rings is 9. The second kappa shape index (κ2) is 13.5. The molecule has 296 valence electrons. The lowest BCUT2D eigenvalue weighted by atomic mass is 9.82. The minimum Gasteiger partial charge on any atom is -0.310 e. The quantitative estimate of drug-likeness (QED) is 0.163. The summed E-state index contributed by atoms with van der Waals surface area (Å²) in [6.45, 7) is 9.44. The second-order valence-corrected chi connectivity index (χ2v) is 18.1. The lowest BCUT2D eigenvalue weighted by Crippen LogP contribution is -2.16. The van der Waals surface area contributed by atoms with E-state index in [9.17, 15) is 0 Å². The van der Waals surface area contributed by atoms with Crippen molar-refractivity contribution in [2.75, 3.05) is 4.90 Å². The van der Waals surface area contributed by atoms with E-state index in [0.717, 1.165) is 11.4 Å². The molecule has 0 N–H and O–H groups in total. The maximum Gasteiger partial charge on any atom is 0.0547 e. The van der Waals surface area contributed by atoms with Crippen LogP contribution in [0.4, 0.5) is 17.1 Å². The zero-order valence-corrected chi connectivity index (χ0v) is 35.5. The van der Waals surface area contributed by atoms with Crippen LogP contribution in [0.15, 0.2) is 206 Å². The Balaban J connectivity index is 1.02. The first-order valence-corrected chi connectivity index (χ1v) is 21.9. The molecule has 0 radical (unpaired) electrons. The fourth-order valence-corrected chi connectivity index (χ4v) is 11.0. The summed E-state index contributed by atoms with van der Waals surface area (Å²) in [7, 11) is 0. The van der Waals surface area contributed by atoms with Crippen LogP contribution in [0.2, 0.25) is 0 Å². The number of para-hydroxylation sites is 2. The molecule has 2 nitrogen and oxygen atoms in total. The number of hydrogen-bond acceptors (Lipinski definition) is 1. The molecule has 0 saturated heterocycles. The summed E-state index contributed by atoms with van der Waals surface area (Å²) in [5.41, 5.74) is 22.6. The first-order chi connectivity index (χ1) is 30.3. The molecule has 62 heavy (non-hydrogen) atoms. The van der Waals surface area contributed by atoms with E-state index in [4.69, 9.17) is 0 Å². The molecular weight excluding hydrogens is 749 g/mol. The number of rotatable bonds is 6. The minimum absolute atomic E-state index is 0.0485. The number of aromatic nitrogens is 1. The topological polar surface area (TPSA) is 8.17 Å². The molecule has 0 bridgehead atoms. The molecule has 0 amide bonds. The minimum atomic E-state index is -0.114. The van der Waals surface area contributed by atoms with Crippen molar-refractivity contribution in [1.29, 1.82) is 0 Å². The number of anilines is 3. The van der Waals surface area contributed by atoms with Gasteiger partial charge < -0.3 is 9.47 Å². The van der Waals surface area contributed by atoms with Gasteiger partial charge in [-0.1, -0.05) is 179 Å². The molecule has 1 aromatic heterocycles. The molecule has 0 spiro atoms. The van der Waals surface area contributed by atoms with Crippen molar-refractivity contribution in [2.45, 2.75) is 38.5 Å². The van der Waals surface area contributed by atoms with Crippen LogP contribution < -0.4 is 4.90 Å². The lowest BCUT2D eigenvalue weighted by molar-refractivity contribution is 0.660. The molecule has 0 aliphatic heterocycles. The summed E-state index contributed by atoms with van der Waals surface area (Å²) in [5, 5.41) is 2.52. The van der Waals surface area contributed by atoms with Gasteiger partial charge in [0.15, 0.2) is 0 Å². The average Bonchev–Trinajstić information content (AvgIpc) is 3.87. The van der Waals surface area contributed by atoms with Crippen LogP contribution >= 0.6 is 0 Å². The van der Waals surface area contributed by atoms with Crippen LogP contribution in [0, 0.1) is 0 Å². The molecule has 2 heteroatoms. The fraction of sp³-hybridized carbons (Fsp3) is 0.100. The van der Waals surface area contributed by atoms with Crippen LogP contribution in [0.1, 0.15) is 49.9 Å². The van der Waals surface area contributed by atoms with E-state index in [1.54, 1.807) is 0 Å². The molecule has 0 atom stereocenters. The molecule has 10 aromatic rings. The normalized spacial score (nSPS) is 14.1. The Morgan fingerprint density at radius 3 is 1.50 bits per heavy atom. The predicted octanol–water partition coefficient (Wildman–Crippen LogP) is 16.2. The number of nitrogens with zero attached hydrogens (tertiary/aromatic N) is 2. The largest absolute Gasteiger partial charge is 0.310 e. The summed E-state index contributed by atoms with van der Waals surface area (Å²) in [5.74, 6) is 0. The van der Waals surface area contributed by atoms with E-state index in [2.05, 4.69) is 243 Å². The van der Waals surface area contributed by atoms with Crippen molar-refractivity contribution < 1.29 is 0 Å². The Labute approximate surface area is 364 Å². The average molecular weight is 795 g/mol. The Hall–Kier alpha value is -7.42. The maximum absolute atomic E-state index is 2.47. The van der Waals surface area contributed by atoms with Gasteiger partial charge in [0.05, 0.1) is 16.7 Å². The van der Waals surface area contributed by atoms with E-state index in [1.807, 2.05) is 0 Å². The molecule has 2 aliphatic carbocycles. The third kappa shape index (κ3) is 5.23. The number of fused-ring (bicyclic) bond motifs is 9. The molecule has 12 rings (SSSR count). The van der Waals surface area contributed by atoms with E-state index in [0.29, 0.717) is 0 Å². The summed E-state index contributed by atoms with van der Waals surface area (Å²) in [6.07, 6.45) is 0. The van der Waals surface area contributed by atoms with Crippen molar-refractivity contribution in [3.8, 4) is 50.2 Å². The van der Waals surface area contributed by atoms with Gasteiger partial charge in [0.1, 0.15) is 0 Å². The monoisotopic (exact) mass is 794 g/mol. The standard InChI is InChI=1S/C60H46N2/c1-59(2)49-24-11-8-19-46(49)56-44(22-14-26-51(56)59)39-31-35-42(36-32-39)61(55-30-16-27-52-58(55)47-20-9-12-25-50(47)60(52,3)4)43-37-33-40(34-38-43)45-23-15-29-54-57(45)48-21-10-13-28-53(48)62(54)41-17-6-5-7-18-41/h5-38H,1-4H3. The highest BCUT2D eigenvalue weighted by Crippen LogP contribution is 2.55. The van der Waals surface area contributed by atoms with Gasteiger partial charge in [0.2, 0.25) is 0 Å². The van der Waals surface area contributed by atoms with Crippen LogP contribution in [0.25, 0.3) is 72.0 Å². The van der Waals surface area contributed by atoms with Gasteiger partial charge in [-0.05, 0) is 116 Å². The van der Waals surface area contributed by atoms with Crippen molar-refractivity contribution in [1.82, 2.24) is 4.57 Å². The number of hydrogen-bond donors (Lipinski definition) is 0. The van der Waals surface area contributed by atoms with Crippen molar-refractivity contribution in [2.24, 2.45) is 0 Å². The molecule has 1 heterocycles. The summed E-state index contributed by atoms with van der Waals surface area (Å²) in [6, 6.07) is 76.4. The zero-order chi connectivity index (χ0) is 41.7. The van der Waals surface area contributed by atoms with Gasteiger partial charge in [0.25, 0.3) is 0 Å². The van der Waals surface area contributed by atoms with Crippen LogP contribution in [-0.2, 0) is 10.8 Å². The van der Waals surface area contributed by atoms with Gasteiger partial charge in [-0.2, -0.15) is 0 Å². The maximum atomic E-state index is 2.47. The molecule has 0 fully saturated rings. The Kier molecular flexibility index (Phi) is 7.96. The summed E-state index contributed by atoms with van der Waals surface area (Å²) in [4.78, 5) is 2.47. The highest BCUT2D eigenvalue weighted by molar-refractivity contribution is 6.16. The molecule has 0 unspecified atom stereocenters. The smallest absolute Gasteiger partial charge is 0.0547 e. The molecular formula is C60H46N2. The third-order valence-corrected chi connectivity index (χ3v) is 14.0. The highest BCUT2D eigenvalue weighted by atomic mass is 15.1. The van der Waals surface area contributed by atoms with E-state index < -0.39 is 0 Å². The van der Waals surface area contributed by atoms with Crippen molar-refractivity contribution >= 4 is 38.9 Å². The van der Waals surface area contributed by atoms with E-state index in [1.165, 1.54) is 99.9 Å². The predicted molar refractivity (Wildman–Crippen MR) is 261 cm³/mol. The van der Waals surface area contributed by atoms with Crippen molar-refractivity contribution in [3.05, 3.63) is 229 Å². The van der Waals surface area contributed by atoms with Crippen LogP contribution in [0.3, 0.4) is 0 Å². The van der Waals surface area contributed by atoms with E-state index >= 15 is 0 Å². The zero-order valence-electron chi connectivity index (χ0n) is 35.5. The summed E-state index contributed by atoms with van der Waals surface area (Å²) < 4.78 is 2.40. The Morgan fingerprint density at radius 2 is 0.823 bits per heavy atom. The highest BCUT2D eigenvalue weighted by Gasteiger charge is 2.38. The SMILES string of the molecule is CC1(C)c2ccccc2-c2c(-c3ccc(N(c4ccc(-c5cccc6c5c5ccccc5n6-c5ccccc5)cc4)c4cccc5c4-c4ccccc4C5(C)C)cc3)cccc21. The van der Waals surface area contributed by atoms with E-state index in [-0.39, 0.29) is 10.8 Å². The first-order valence-electron chi connectivity index (χ1n) is 21.9.